The molecule has 0 aliphatic heterocycles. The van der Waals surface area contributed by atoms with E-state index in [1.807, 2.05) is 0 Å². The van der Waals surface area contributed by atoms with Gasteiger partial charge in [-0.05, 0) is 18.2 Å². The van der Waals surface area contributed by atoms with Crippen molar-refractivity contribution < 1.29 is 9.53 Å². The third-order valence-electron chi connectivity index (χ3n) is 1.30. The Hall–Kier alpha value is -0.930. The minimum atomic E-state index is -0.677. The first-order chi connectivity index (χ1) is 6.13. The van der Waals surface area contributed by atoms with E-state index in [0.717, 1.165) is 0 Å². The molecule has 0 aromatic heterocycles. The first-order valence-electron chi connectivity index (χ1n) is 3.31. The van der Waals surface area contributed by atoms with Crippen molar-refractivity contribution in [2.75, 3.05) is 5.32 Å². The Bertz CT molecular complexity index is 328. The second-order valence-corrected chi connectivity index (χ2v) is 3.02. The van der Waals surface area contributed by atoms with Crippen LogP contribution in [-0.4, -0.2) is 6.09 Å². The lowest BCUT2D eigenvalue weighted by Crippen LogP contribution is -2.10. The second-order valence-electron chi connectivity index (χ2n) is 2.18. The number of rotatable bonds is 1. The largest absolute Gasteiger partial charge is 0.446 e. The van der Waals surface area contributed by atoms with Crippen LogP contribution in [0.5, 0.6) is 0 Å². The highest BCUT2D eigenvalue weighted by atomic mass is 35.5. The molecule has 0 spiro atoms. The molecule has 0 atom stereocenters. The molecule has 0 aliphatic carbocycles. The summed E-state index contributed by atoms with van der Waals surface area (Å²) < 4.78 is 4.15. The molecule has 1 N–H and O–H groups in total. The van der Waals surface area contributed by atoms with E-state index in [2.05, 4.69) is 17.2 Å². The van der Waals surface area contributed by atoms with E-state index in [-0.39, 0.29) is 0 Å². The van der Waals surface area contributed by atoms with Gasteiger partial charge in [0.25, 0.3) is 0 Å². The highest BCUT2D eigenvalue weighted by Crippen LogP contribution is 2.25. The quantitative estimate of drug-likeness (QED) is 0.786. The normalized spacial score (nSPS) is 9.46. The zero-order valence-electron chi connectivity index (χ0n) is 6.51. The molecule has 0 bridgehead atoms. The number of benzene rings is 1. The Morgan fingerprint density at radius 1 is 1.46 bits per heavy atom. The minimum absolute atomic E-state index is 0.345. The highest BCUT2D eigenvalue weighted by molar-refractivity contribution is 6.36. The zero-order valence-corrected chi connectivity index (χ0v) is 8.02. The minimum Gasteiger partial charge on any atom is -0.446 e. The summed E-state index contributed by atoms with van der Waals surface area (Å²) in [6, 6.07) is 4.69. The molecular formula is C8H6Cl2NO2. The van der Waals surface area contributed by atoms with E-state index in [1.165, 1.54) is 6.07 Å². The van der Waals surface area contributed by atoms with Crippen LogP contribution in [0.3, 0.4) is 0 Å². The van der Waals surface area contributed by atoms with Crippen molar-refractivity contribution in [3.05, 3.63) is 35.4 Å². The van der Waals surface area contributed by atoms with Crippen LogP contribution in [0, 0.1) is 7.11 Å². The van der Waals surface area contributed by atoms with Gasteiger partial charge in [0.1, 0.15) is 7.11 Å². The van der Waals surface area contributed by atoms with Crippen molar-refractivity contribution in [3.63, 3.8) is 0 Å². The number of halogens is 2. The summed E-state index contributed by atoms with van der Waals surface area (Å²) in [7, 11) is 2.95. The molecule has 1 radical (unpaired) electrons. The van der Waals surface area contributed by atoms with Crippen molar-refractivity contribution in [2.24, 2.45) is 0 Å². The molecule has 13 heavy (non-hydrogen) atoms. The third kappa shape index (κ3) is 2.79. The van der Waals surface area contributed by atoms with Crippen molar-refractivity contribution in [1.82, 2.24) is 0 Å². The second kappa shape index (κ2) is 4.35. The van der Waals surface area contributed by atoms with Gasteiger partial charge in [0.15, 0.2) is 0 Å². The van der Waals surface area contributed by atoms with Crippen molar-refractivity contribution in [1.29, 1.82) is 0 Å². The maximum absolute atomic E-state index is 10.7. The lowest BCUT2D eigenvalue weighted by atomic mass is 10.3. The number of nitrogens with one attached hydrogen (secondary N) is 1. The summed E-state index contributed by atoms with van der Waals surface area (Å²) in [5, 5.41) is 3.22. The van der Waals surface area contributed by atoms with Gasteiger partial charge in [-0.2, -0.15) is 0 Å². The molecule has 0 aliphatic rings. The van der Waals surface area contributed by atoms with Crippen molar-refractivity contribution in [2.45, 2.75) is 0 Å². The molecule has 0 heterocycles. The molecule has 5 heteroatoms. The van der Waals surface area contributed by atoms with Gasteiger partial charge >= 0.3 is 6.09 Å². The highest BCUT2D eigenvalue weighted by Gasteiger charge is 2.04. The lowest BCUT2D eigenvalue weighted by molar-refractivity contribution is 0.199. The van der Waals surface area contributed by atoms with Crippen molar-refractivity contribution >= 4 is 35.0 Å². The van der Waals surface area contributed by atoms with E-state index in [4.69, 9.17) is 23.2 Å². The summed E-state index contributed by atoms with van der Waals surface area (Å²) in [5.74, 6) is 0. The third-order valence-corrected chi connectivity index (χ3v) is 1.85. The number of hydrogen-bond donors (Lipinski definition) is 1. The molecule has 1 aromatic rings. The van der Waals surface area contributed by atoms with Crippen LogP contribution in [0.15, 0.2) is 18.2 Å². The number of amides is 1. The zero-order chi connectivity index (χ0) is 9.84. The number of carbonyl (C=O) groups is 1. The van der Waals surface area contributed by atoms with E-state index < -0.39 is 6.09 Å². The summed E-state index contributed by atoms with van der Waals surface area (Å²) >= 11 is 11.4. The van der Waals surface area contributed by atoms with Crippen LogP contribution in [0.2, 0.25) is 10.0 Å². The summed E-state index contributed by atoms with van der Waals surface area (Å²) in [4.78, 5) is 10.7. The van der Waals surface area contributed by atoms with E-state index in [1.54, 1.807) is 12.1 Å². The van der Waals surface area contributed by atoms with Gasteiger partial charge in [-0.15, -0.1) is 0 Å². The van der Waals surface area contributed by atoms with Gasteiger partial charge in [0, 0.05) is 5.02 Å². The molecule has 0 saturated carbocycles. The molecule has 1 rings (SSSR count). The molecule has 3 nitrogen and oxygen atoms in total. The molecule has 1 aromatic carbocycles. The number of carbonyl (C=O) groups excluding carboxylic acids is 1. The monoisotopic (exact) mass is 218 g/mol. The molecule has 0 saturated heterocycles. The van der Waals surface area contributed by atoms with Crippen LogP contribution >= 0.6 is 23.2 Å². The van der Waals surface area contributed by atoms with Crippen LogP contribution < -0.4 is 5.32 Å². The van der Waals surface area contributed by atoms with Gasteiger partial charge in [0.2, 0.25) is 0 Å². The Balaban J connectivity index is 2.83. The van der Waals surface area contributed by atoms with Gasteiger partial charge < -0.3 is 4.74 Å². The Morgan fingerprint density at radius 3 is 2.69 bits per heavy atom. The molecule has 1 amide bonds. The van der Waals surface area contributed by atoms with E-state index in [9.17, 15) is 4.79 Å². The molecular weight excluding hydrogens is 213 g/mol. The van der Waals surface area contributed by atoms with Crippen LogP contribution in [0.25, 0.3) is 0 Å². The predicted octanol–water partition coefficient (Wildman–Crippen LogP) is 3.33. The maximum Gasteiger partial charge on any atom is 0.411 e. The topological polar surface area (TPSA) is 38.3 Å². The van der Waals surface area contributed by atoms with Gasteiger partial charge in [0.05, 0.1) is 10.7 Å². The van der Waals surface area contributed by atoms with Gasteiger partial charge in [-0.3, -0.25) is 5.32 Å². The van der Waals surface area contributed by atoms with E-state index >= 15 is 0 Å². The Kier molecular flexibility index (Phi) is 3.39. The van der Waals surface area contributed by atoms with Gasteiger partial charge in [-0.1, -0.05) is 23.2 Å². The molecule has 69 valence electrons. The van der Waals surface area contributed by atoms with Crippen molar-refractivity contribution in [3.8, 4) is 0 Å². The van der Waals surface area contributed by atoms with Crippen LogP contribution in [0.4, 0.5) is 10.5 Å². The average molecular weight is 219 g/mol. The van der Waals surface area contributed by atoms with E-state index in [0.29, 0.717) is 15.7 Å². The number of ether oxygens (including phenoxy) is 1. The first kappa shape index (κ1) is 10.2. The van der Waals surface area contributed by atoms with Crippen LogP contribution in [-0.2, 0) is 4.74 Å². The molecule has 0 unspecified atom stereocenters. The first-order valence-corrected chi connectivity index (χ1v) is 4.07. The summed E-state index contributed by atoms with van der Waals surface area (Å²) in [6.45, 7) is 0. The fourth-order valence-corrected chi connectivity index (χ4v) is 1.19. The fourth-order valence-electron chi connectivity index (χ4n) is 0.737. The number of anilines is 1. The maximum atomic E-state index is 10.7. The Labute approximate surface area is 85.6 Å². The van der Waals surface area contributed by atoms with Crippen LogP contribution in [0.1, 0.15) is 0 Å². The summed E-state index contributed by atoms with van der Waals surface area (Å²) in [5.41, 5.74) is 0.430. The van der Waals surface area contributed by atoms with Gasteiger partial charge in [-0.25, -0.2) is 4.79 Å². The Morgan fingerprint density at radius 2 is 2.15 bits per heavy atom. The predicted molar refractivity (Wildman–Crippen MR) is 51.9 cm³/mol. The smallest absolute Gasteiger partial charge is 0.411 e. The standard InChI is InChI=1S/C8H6Cl2NO2/c1-13-8(12)11-7-3-2-5(9)4-6(7)10/h2-4H,1H2,(H,11,12). The lowest BCUT2D eigenvalue weighted by Gasteiger charge is -2.05. The fraction of sp³-hybridized carbons (Fsp3) is 0. The molecule has 0 fully saturated rings. The average Bonchev–Trinajstić information content (AvgIpc) is 2.09. The SMILES string of the molecule is [CH2]OC(=O)Nc1ccc(Cl)cc1Cl. The number of hydrogen-bond acceptors (Lipinski definition) is 2. The summed E-state index contributed by atoms with van der Waals surface area (Å²) in [6.07, 6.45) is -0.677.